The van der Waals surface area contributed by atoms with Gasteiger partial charge in [0.25, 0.3) is 11.8 Å². The van der Waals surface area contributed by atoms with Gasteiger partial charge in [0, 0.05) is 11.4 Å². The highest BCUT2D eigenvalue weighted by Crippen LogP contribution is 2.35. The highest BCUT2D eigenvalue weighted by molar-refractivity contribution is 7.22. The Morgan fingerprint density at radius 3 is 2.30 bits per heavy atom. The summed E-state index contributed by atoms with van der Waals surface area (Å²) < 4.78 is 0.716. The zero-order valence-electron chi connectivity index (χ0n) is 17.3. The SMILES string of the molecule is O=C(Nc1ccc2nc(N3C(=O)c4ccccc4C3=O)sc2c1)N(CCO)c1ccccc1. The number of imide groups is 1. The molecular weight excluding hydrogens is 440 g/mol. The molecule has 0 atom stereocenters. The van der Waals surface area contributed by atoms with Crippen molar-refractivity contribution in [2.45, 2.75) is 0 Å². The molecule has 2 N–H and O–H groups in total. The van der Waals surface area contributed by atoms with E-state index in [0.29, 0.717) is 32.7 Å². The second-order valence-electron chi connectivity index (χ2n) is 7.31. The van der Waals surface area contributed by atoms with E-state index < -0.39 is 11.8 Å². The molecule has 9 heteroatoms. The minimum absolute atomic E-state index is 0.141. The summed E-state index contributed by atoms with van der Waals surface area (Å²) in [4.78, 5) is 45.4. The van der Waals surface area contributed by atoms with Crippen LogP contribution in [0.3, 0.4) is 0 Å². The number of urea groups is 1. The lowest BCUT2D eigenvalue weighted by atomic mass is 10.1. The van der Waals surface area contributed by atoms with E-state index in [9.17, 15) is 19.5 Å². The Labute approximate surface area is 192 Å². The highest BCUT2D eigenvalue weighted by atomic mass is 32.1. The number of nitrogens with zero attached hydrogens (tertiary/aromatic N) is 3. The lowest BCUT2D eigenvalue weighted by Gasteiger charge is -2.22. The predicted molar refractivity (Wildman–Crippen MR) is 127 cm³/mol. The summed E-state index contributed by atoms with van der Waals surface area (Å²) in [5.74, 6) is -0.795. The molecule has 2 heterocycles. The zero-order valence-corrected chi connectivity index (χ0v) is 18.1. The van der Waals surface area contributed by atoms with Crippen LogP contribution in [0.1, 0.15) is 20.7 Å². The molecule has 0 unspecified atom stereocenters. The average Bonchev–Trinajstić information content (AvgIpc) is 3.36. The van der Waals surface area contributed by atoms with Crippen molar-refractivity contribution in [3.8, 4) is 0 Å². The summed E-state index contributed by atoms with van der Waals surface area (Å²) in [5, 5.41) is 12.5. The average molecular weight is 458 g/mol. The van der Waals surface area contributed by atoms with Gasteiger partial charge in [0.2, 0.25) is 5.13 Å². The molecule has 1 aliphatic heterocycles. The van der Waals surface area contributed by atoms with Crippen molar-refractivity contribution in [3.63, 3.8) is 0 Å². The van der Waals surface area contributed by atoms with Gasteiger partial charge >= 0.3 is 6.03 Å². The third-order valence-corrected chi connectivity index (χ3v) is 6.25. The quantitative estimate of drug-likeness (QED) is 0.438. The van der Waals surface area contributed by atoms with Crippen molar-refractivity contribution in [2.24, 2.45) is 0 Å². The van der Waals surface area contributed by atoms with Crippen molar-refractivity contribution in [3.05, 3.63) is 83.9 Å². The second-order valence-corrected chi connectivity index (χ2v) is 8.32. The number of aliphatic hydroxyl groups excluding tert-OH is 1. The molecule has 5 rings (SSSR count). The number of amides is 4. The van der Waals surface area contributed by atoms with Crippen molar-refractivity contribution in [1.82, 2.24) is 4.98 Å². The van der Waals surface area contributed by atoms with E-state index in [1.165, 1.54) is 16.2 Å². The number of para-hydroxylation sites is 1. The van der Waals surface area contributed by atoms with E-state index in [-0.39, 0.29) is 24.3 Å². The van der Waals surface area contributed by atoms with Crippen molar-refractivity contribution < 1.29 is 19.5 Å². The lowest BCUT2D eigenvalue weighted by Crippen LogP contribution is -2.37. The van der Waals surface area contributed by atoms with Gasteiger partial charge in [0.15, 0.2) is 0 Å². The van der Waals surface area contributed by atoms with Crippen LogP contribution in [0.2, 0.25) is 0 Å². The van der Waals surface area contributed by atoms with Gasteiger partial charge in [-0.25, -0.2) is 14.7 Å². The van der Waals surface area contributed by atoms with E-state index in [1.807, 2.05) is 18.2 Å². The molecule has 4 aromatic rings. The maximum absolute atomic E-state index is 12.9. The summed E-state index contributed by atoms with van der Waals surface area (Å²) in [6.45, 7) is -0.0393. The van der Waals surface area contributed by atoms with Gasteiger partial charge < -0.3 is 10.4 Å². The normalized spacial score (nSPS) is 12.8. The molecule has 0 aliphatic carbocycles. The first kappa shape index (κ1) is 20.8. The molecule has 164 valence electrons. The Morgan fingerprint density at radius 2 is 1.64 bits per heavy atom. The van der Waals surface area contributed by atoms with E-state index >= 15 is 0 Å². The van der Waals surface area contributed by atoms with Crippen LogP contribution in [0.4, 0.5) is 21.3 Å². The molecule has 0 fully saturated rings. The summed E-state index contributed by atoms with van der Waals surface area (Å²) >= 11 is 1.20. The largest absolute Gasteiger partial charge is 0.395 e. The number of rotatable bonds is 5. The molecule has 0 radical (unpaired) electrons. The van der Waals surface area contributed by atoms with Gasteiger partial charge in [-0.15, -0.1) is 0 Å². The molecule has 1 aliphatic rings. The van der Waals surface area contributed by atoms with E-state index in [2.05, 4.69) is 10.3 Å². The van der Waals surface area contributed by atoms with Crippen LogP contribution in [0.25, 0.3) is 10.2 Å². The maximum Gasteiger partial charge on any atom is 0.326 e. The topological polar surface area (TPSA) is 103 Å². The van der Waals surface area contributed by atoms with Gasteiger partial charge in [-0.3, -0.25) is 14.5 Å². The van der Waals surface area contributed by atoms with E-state index in [1.54, 1.807) is 54.6 Å². The molecule has 0 spiro atoms. The van der Waals surface area contributed by atoms with Gasteiger partial charge in [-0.05, 0) is 42.5 Å². The number of aromatic nitrogens is 1. The Morgan fingerprint density at radius 1 is 0.970 bits per heavy atom. The van der Waals surface area contributed by atoms with Crippen LogP contribution in [0.5, 0.6) is 0 Å². The smallest absolute Gasteiger partial charge is 0.326 e. The van der Waals surface area contributed by atoms with Crippen molar-refractivity contribution in [1.29, 1.82) is 0 Å². The van der Waals surface area contributed by atoms with Crippen molar-refractivity contribution >= 4 is 55.9 Å². The van der Waals surface area contributed by atoms with E-state index in [4.69, 9.17) is 0 Å². The third-order valence-electron chi connectivity index (χ3n) is 5.25. The van der Waals surface area contributed by atoms with Crippen LogP contribution >= 0.6 is 11.3 Å². The van der Waals surface area contributed by atoms with Crippen LogP contribution < -0.4 is 15.1 Å². The first-order valence-corrected chi connectivity index (χ1v) is 11.0. The molecule has 0 bridgehead atoms. The van der Waals surface area contributed by atoms with Gasteiger partial charge in [-0.1, -0.05) is 41.7 Å². The number of carbonyl (C=O) groups is 3. The molecule has 8 nitrogen and oxygen atoms in total. The van der Waals surface area contributed by atoms with E-state index in [0.717, 1.165) is 4.90 Å². The fraction of sp³-hybridized carbons (Fsp3) is 0.0833. The monoisotopic (exact) mass is 458 g/mol. The number of carbonyl (C=O) groups excluding carboxylic acids is 3. The number of hydrogen-bond acceptors (Lipinski definition) is 6. The Balaban J connectivity index is 1.41. The number of benzene rings is 3. The lowest BCUT2D eigenvalue weighted by molar-refractivity contribution is 0.0926. The first-order valence-electron chi connectivity index (χ1n) is 10.2. The number of aliphatic hydroxyl groups is 1. The Hall–Kier alpha value is -4.08. The molecular formula is C24H18N4O4S. The highest BCUT2D eigenvalue weighted by Gasteiger charge is 2.38. The number of fused-ring (bicyclic) bond motifs is 2. The van der Waals surface area contributed by atoms with Gasteiger partial charge in [-0.2, -0.15) is 0 Å². The number of thiazole rings is 1. The zero-order chi connectivity index (χ0) is 22.9. The summed E-state index contributed by atoms with van der Waals surface area (Å²) in [7, 11) is 0. The van der Waals surface area contributed by atoms with Crippen molar-refractivity contribution in [2.75, 3.05) is 28.3 Å². The molecule has 1 aromatic heterocycles. The van der Waals surface area contributed by atoms with Crippen LogP contribution in [-0.2, 0) is 0 Å². The second kappa shape index (κ2) is 8.45. The number of hydrogen-bond donors (Lipinski definition) is 2. The first-order chi connectivity index (χ1) is 16.1. The minimum atomic E-state index is -0.398. The maximum atomic E-state index is 12.9. The molecule has 0 saturated carbocycles. The molecule has 4 amide bonds. The van der Waals surface area contributed by atoms with Gasteiger partial charge in [0.1, 0.15) is 0 Å². The van der Waals surface area contributed by atoms with Crippen LogP contribution in [-0.4, -0.2) is 41.1 Å². The Kier molecular flexibility index (Phi) is 5.33. The fourth-order valence-corrected chi connectivity index (χ4v) is 4.70. The number of nitrogens with one attached hydrogen (secondary N) is 1. The van der Waals surface area contributed by atoms with Gasteiger partial charge in [0.05, 0.1) is 34.5 Å². The number of anilines is 3. The summed E-state index contributed by atoms with van der Waals surface area (Å²) in [6, 6.07) is 20.5. The standard InChI is InChI=1S/C24H18N4O4S/c29-13-12-27(16-6-2-1-3-7-16)23(32)25-15-10-11-19-20(14-15)33-24(26-19)28-21(30)17-8-4-5-9-18(17)22(28)31/h1-11,14,29H,12-13H2,(H,25,32). The predicted octanol–water partition coefficient (Wildman–Crippen LogP) is 4.13. The molecule has 33 heavy (non-hydrogen) atoms. The molecule has 3 aromatic carbocycles. The Bertz CT molecular complexity index is 1350. The van der Waals surface area contributed by atoms with Crippen LogP contribution in [0.15, 0.2) is 72.8 Å². The third kappa shape index (κ3) is 3.73. The summed E-state index contributed by atoms with van der Waals surface area (Å²) in [5.41, 5.74) is 2.53. The minimum Gasteiger partial charge on any atom is -0.395 e. The fourth-order valence-electron chi connectivity index (χ4n) is 3.70. The summed E-state index contributed by atoms with van der Waals surface area (Å²) in [6.07, 6.45) is 0. The molecule has 0 saturated heterocycles. The van der Waals surface area contributed by atoms with Crippen LogP contribution in [0, 0.1) is 0 Å².